The van der Waals surface area contributed by atoms with Crippen LogP contribution in [-0.2, 0) is 6.18 Å². The molecular formula is C26H23BrF3N5O2. The van der Waals surface area contributed by atoms with Crippen molar-refractivity contribution in [2.75, 3.05) is 25.0 Å². The van der Waals surface area contributed by atoms with Crippen molar-refractivity contribution in [1.82, 2.24) is 19.5 Å². The average Bonchev–Trinajstić information content (AvgIpc) is 3.27. The molecule has 1 saturated heterocycles. The molecule has 192 valence electrons. The van der Waals surface area contributed by atoms with Gasteiger partial charge in [-0.05, 0) is 65.0 Å². The summed E-state index contributed by atoms with van der Waals surface area (Å²) in [6, 6.07) is 13.3. The summed E-state index contributed by atoms with van der Waals surface area (Å²) in [5, 5.41) is 18.1. The molecule has 1 aliphatic heterocycles. The van der Waals surface area contributed by atoms with E-state index in [0.717, 1.165) is 25.0 Å². The predicted molar refractivity (Wildman–Crippen MR) is 136 cm³/mol. The number of carbonyl (C=O) groups is 1. The van der Waals surface area contributed by atoms with E-state index in [9.17, 15) is 23.1 Å². The largest absolute Gasteiger partial charge is 0.507 e. The normalized spacial score (nSPS) is 16.2. The first kappa shape index (κ1) is 25.1. The number of alkyl halides is 3. The zero-order valence-electron chi connectivity index (χ0n) is 19.5. The average molecular weight is 574 g/mol. The molecule has 2 aromatic heterocycles. The lowest BCUT2D eigenvalue weighted by molar-refractivity contribution is -0.137. The molecule has 1 unspecified atom stereocenters. The molecule has 7 nitrogen and oxygen atoms in total. The molecule has 1 atom stereocenters. The monoisotopic (exact) mass is 573 g/mol. The fourth-order valence-corrected chi connectivity index (χ4v) is 4.91. The smallest absolute Gasteiger partial charge is 0.416 e. The van der Waals surface area contributed by atoms with E-state index < -0.39 is 17.6 Å². The second kappa shape index (κ2) is 10.0. The Morgan fingerprint density at radius 1 is 1.16 bits per heavy atom. The lowest BCUT2D eigenvalue weighted by Crippen LogP contribution is -2.42. The highest BCUT2D eigenvalue weighted by molar-refractivity contribution is 9.10. The molecule has 37 heavy (non-hydrogen) atoms. The second-order valence-electron chi connectivity index (χ2n) is 8.99. The van der Waals surface area contributed by atoms with E-state index in [2.05, 4.69) is 31.3 Å². The van der Waals surface area contributed by atoms with E-state index >= 15 is 0 Å². The summed E-state index contributed by atoms with van der Waals surface area (Å²) in [5.74, 6) is 0.450. The maximum absolute atomic E-state index is 13.1. The van der Waals surface area contributed by atoms with Crippen LogP contribution < -0.4 is 5.32 Å². The number of anilines is 1. The van der Waals surface area contributed by atoms with Crippen molar-refractivity contribution < 1.29 is 23.1 Å². The lowest BCUT2D eigenvalue weighted by Gasteiger charge is -2.33. The first-order chi connectivity index (χ1) is 17.7. The Morgan fingerprint density at radius 3 is 2.76 bits per heavy atom. The number of nitrogens with zero attached hydrogens (tertiary/aromatic N) is 4. The molecule has 0 aliphatic carbocycles. The number of halogens is 4. The standard InChI is InChI=1S/C26H23BrF3N5O2/c27-20-14-32-35-23(12-21(33-24(20)35)19-8-1-2-9-22(19)36)31-13-16-5-4-10-34(15-16)25(37)17-6-3-7-18(11-17)26(28,29)30/h1-3,6-9,11-12,14,16,31,36H,4-5,10,13,15H2. The Kier molecular flexibility index (Phi) is 6.80. The number of phenols is 1. The van der Waals surface area contributed by atoms with Crippen LogP contribution in [-0.4, -0.2) is 50.1 Å². The topological polar surface area (TPSA) is 82.8 Å². The van der Waals surface area contributed by atoms with Gasteiger partial charge in [-0.1, -0.05) is 18.2 Å². The third-order valence-electron chi connectivity index (χ3n) is 6.42. The van der Waals surface area contributed by atoms with Crippen molar-refractivity contribution in [3.63, 3.8) is 0 Å². The molecular weight excluding hydrogens is 551 g/mol. The van der Waals surface area contributed by atoms with Crippen molar-refractivity contribution in [1.29, 1.82) is 0 Å². The first-order valence-corrected chi connectivity index (χ1v) is 12.5. The van der Waals surface area contributed by atoms with Gasteiger partial charge in [-0.25, -0.2) is 4.98 Å². The minimum Gasteiger partial charge on any atom is -0.507 e. The SMILES string of the molecule is O=C(c1cccc(C(F)(F)F)c1)N1CCCC(CNc2cc(-c3ccccc3O)nc3c(Br)cnn23)C1. The van der Waals surface area contributed by atoms with E-state index in [1.54, 1.807) is 39.9 Å². The molecule has 1 aliphatic rings. The zero-order valence-corrected chi connectivity index (χ0v) is 21.1. The zero-order chi connectivity index (χ0) is 26.2. The van der Waals surface area contributed by atoms with Crippen molar-refractivity contribution in [3.05, 3.63) is 76.4 Å². The number of likely N-dealkylation sites (tertiary alicyclic amines) is 1. The number of hydrogen-bond donors (Lipinski definition) is 2. The quantitative estimate of drug-likeness (QED) is 0.313. The van der Waals surface area contributed by atoms with Crippen molar-refractivity contribution in [3.8, 4) is 17.0 Å². The summed E-state index contributed by atoms with van der Waals surface area (Å²) in [6.45, 7) is 1.43. The fourth-order valence-electron chi connectivity index (χ4n) is 4.57. The number of nitrogens with one attached hydrogen (secondary N) is 1. The van der Waals surface area contributed by atoms with Gasteiger partial charge in [-0.2, -0.15) is 22.8 Å². The number of para-hydroxylation sites is 1. The third-order valence-corrected chi connectivity index (χ3v) is 6.98. The van der Waals surface area contributed by atoms with Crippen LogP contribution in [0.1, 0.15) is 28.8 Å². The molecule has 4 aromatic rings. The summed E-state index contributed by atoms with van der Waals surface area (Å²) in [4.78, 5) is 19.2. The fraction of sp³-hybridized carbons (Fsp3) is 0.269. The number of benzene rings is 2. The van der Waals surface area contributed by atoms with Crippen LogP contribution in [0.15, 0.2) is 65.3 Å². The van der Waals surface area contributed by atoms with Gasteiger partial charge in [0.05, 0.1) is 21.9 Å². The van der Waals surface area contributed by atoms with Gasteiger partial charge in [-0.15, -0.1) is 0 Å². The third kappa shape index (κ3) is 5.27. The molecule has 0 radical (unpaired) electrons. The van der Waals surface area contributed by atoms with Gasteiger partial charge in [0, 0.05) is 36.8 Å². The van der Waals surface area contributed by atoms with E-state index in [-0.39, 0.29) is 17.2 Å². The highest BCUT2D eigenvalue weighted by Crippen LogP contribution is 2.32. The van der Waals surface area contributed by atoms with E-state index in [1.807, 2.05) is 6.07 Å². The summed E-state index contributed by atoms with van der Waals surface area (Å²) >= 11 is 3.47. The van der Waals surface area contributed by atoms with E-state index in [0.29, 0.717) is 46.8 Å². The van der Waals surface area contributed by atoms with Gasteiger partial charge in [0.2, 0.25) is 0 Å². The Labute approximate surface area is 219 Å². The molecule has 3 heterocycles. The van der Waals surface area contributed by atoms with Crippen LogP contribution in [0, 0.1) is 5.92 Å². The second-order valence-corrected chi connectivity index (χ2v) is 9.84. The van der Waals surface area contributed by atoms with Crippen molar-refractivity contribution >= 4 is 33.3 Å². The Bertz CT molecular complexity index is 1460. The number of amides is 1. The Balaban J connectivity index is 1.33. The van der Waals surface area contributed by atoms with Crippen LogP contribution >= 0.6 is 15.9 Å². The maximum Gasteiger partial charge on any atom is 0.416 e. The molecule has 2 aromatic carbocycles. The number of aromatic hydroxyl groups is 1. The molecule has 2 N–H and O–H groups in total. The molecule has 11 heteroatoms. The molecule has 5 rings (SSSR count). The van der Waals surface area contributed by atoms with Gasteiger partial charge in [-0.3, -0.25) is 4.79 Å². The van der Waals surface area contributed by atoms with Crippen molar-refractivity contribution in [2.24, 2.45) is 5.92 Å². The van der Waals surface area contributed by atoms with Crippen LogP contribution in [0.4, 0.5) is 19.0 Å². The van der Waals surface area contributed by atoms with Crippen LogP contribution in [0.2, 0.25) is 0 Å². The van der Waals surface area contributed by atoms with E-state index in [1.165, 1.54) is 12.1 Å². The summed E-state index contributed by atoms with van der Waals surface area (Å²) in [6.07, 6.45) is -1.25. The Hall–Kier alpha value is -3.60. The van der Waals surface area contributed by atoms with Gasteiger partial charge in [0.25, 0.3) is 5.91 Å². The summed E-state index contributed by atoms with van der Waals surface area (Å²) in [5.41, 5.74) is 0.929. The number of carbonyl (C=O) groups excluding carboxylic acids is 1. The lowest BCUT2D eigenvalue weighted by atomic mass is 9.97. The number of fused-ring (bicyclic) bond motifs is 1. The highest BCUT2D eigenvalue weighted by atomic mass is 79.9. The first-order valence-electron chi connectivity index (χ1n) is 11.7. The highest BCUT2D eigenvalue weighted by Gasteiger charge is 2.32. The molecule has 1 amide bonds. The number of phenolic OH excluding ortho intramolecular Hbond substituents is 1. The van der Waals surface area contributed by atoms with Gasteiger partial charge < -0.3 is 15.3 Å². The molecule has 0 spiro atoms. The van der Waals surface area contributed by atoms with Gasteiger partial charge in [0.15, 0.2) is 5.65 Å². The molecule has 1 fully saturated rings. The number of hydrogen-bond acceptors (Lipinski definition) is 5. The van der Waals surface area contributed by atoms with Gasteiger partial charge >= 0.3 is 6.18 Å². The van der Waals surface area contributed by atoms with E-state index in [4.69, 9.17) is 0 Å². The van der Waals surface area contributed by atoms with Crippen LogP contribution in [0.5, 0.6) is 5.75 Å². The minimum absolute atomic E-state index is 0.0352. The number of rotatable bonds is 5. The molecule has 0 saturated carbocycles. The predicted octanol–water partition coefficient (Wildman–Crippen LogP) is 5.85. The van der Waals surface area contributed by atoms with Crippen molar-refractivity contribution in [2.45, 2.75) is 19.0 Å². The van der Waals surface area contributed by atoms with Crippen LogP contribution in [0.3, 0.4) is 0 Å². The Morgan fingerprint density at radius 2 is 1.97 bits per heavy atom. The van der Waals surface area contributed by atoms with Crippen LogP contribution in [0.25, 0.3) is 16.9 Å². The maximum atomic E-state index is 13.1. The number of aromatic nitrogens is 3. The summed E-state index contributed by atoms with van der Waals surface area (Å²) < 4.78 is 41.7. The molecule has 0 bridgehead atoms. The summed E-state index contributed by atoms with van der Waals surface area (Å²) in [7, 11) is 0. The van der Waals surface area contributed by atoms with Gasteiger partial charge in [0.1, 0.15) is 11.6 Å². The minimum atomic E-state index is -4.50. The number of piperidine rings is 1.